The molecule has 0 aromatic heterocycles. The molecule has 2 rings (SSSR count). The Morgan fingerprint density at radius 3 is 2.73 bits per heavy atom. The van der Waals surface area contributed by atoms with Crippen LogP contribution in [0.2, 0.25) is 0 Å². The van der Waals surface area contributed by atoms with E-state index in [1.165, 1.54) is 0 Å². The van der Waals surface area contributed by atoms with Crippen LogP contribution < -0.4 is 0 Å². The zero-order valence-electron chi connectivity index (χ0n) is 8.18. The molecule has 4 heteroatoms. The number of rotatable bonds is 2. The van der Waals surface area contributed by atoms with E-state index >= 15 is 0 Å². The highest BCUT2D eigenvalue weighted by Crippen LogP contribution is 2.13. The van der Waals surface area contributed by atoms with Gasteiger partial charge in [-0.1, -0.05) is 0 Å². The van der Waals surface area contributed by atoms with Gasteiger partial charge in [-0.2, -0.15) is 0 Å². The van der Waals surface area contributed by atoms with Crippen LogP contribution in [-0.4, -0.2) is 25.3 Å². The van der Waals surface area contributed by atoms with Gasteiger partial charge in [0.25, 0.3) is 0 Å². The number of thiol groups is 1. The molecule has 0 amide bonds. The summed E-state index contributed by atoms with van der Waals surface area (Å²) >= 11 is 4.14. The van der Waals surface area contributed by atoms with Crippen LogP contribution in [0.4, 0.5) is 0 Å². The summed E-state index contributed by atoms with van der Waals surface area (Å²) < 4.78 is 10.4. The zero-order valence-corrected chi connectivity index (χ0v) is 9.07. The van der Waals surface area contributed by atoms with E-state index in [-0.39, 0.29) is 12.1 Å². The third-order valence-electron chi connectivity index (χ3n) is 2.26. The molecule has 0 spiro atoms. The number of benzene rings is 1. The molecule has 1 aliphatic heterocycles. The summed E-state index contributed by atoms with van der Waals surface area (Å²) in [6.45, 7) is 1.18. The summed E-state index contributed by atoms with van der Waals surface area (Å²) in [5.41, 5.74) is 0.555. The topological polar surface area (TPSA) is 35.5 Å². The van der Waals surface area contributed by atoms with Gasteiger partial charge in [-0.3, -0.25) is 0 Å². The fourth-order valence-electron chi connectivity index (χ4n) is 1.42. The van der Waals surface area contributed by atoms with Gasteiger partial charge in [0.15, 0.2) is 0 Å². The highest BCUT2D eigenvalue weighted by molar-refractivity contribution is 7.80. The Balaban J connectivity index is 1.98. The van der Waals surface area contributed by atoms with Crippen molar-refractivity contribution in [2.75, 3.05) is 13.2 Å². The lowest BCUT2D eigenvalue weighted by molar-refractivity contribution is 0.0270. The van der Waals surface area contributed by atoms with Crippen LogP contribution in [0.25, 0.3) is 0 Å². The smallest absolute Gasteiger partial charge is 0.338 e. The predicted octanol–water partition coefficient (Wildman–Crippen LogP) is 1.92. The van der Waals surface area contributed by atoms with E-state index < -0.39 is 0 Å². The van der Waals surface area contributed by atoms with Crippen molar-refractivity contribution in [3.8, 4) is 0 Å². The van der Waals surface area contributed by atoms with Gasteiger partial charge in [-0.05, 0) is 24.3 Å². The van der Waals surface area contributed by atoms with Gasteiger partial charge in [-0.25, -0.2) is 4.79 Å². The van der Waals surface area contributed by atoms with E-state index in [9.17, 15) is 4.79 Å². The van der Waals surface area contributed by atoms with Crippen molar-refractivity contribution in [3.63, 3.8) is 0 Å². The molecule has 1 unspecified atom stereocenters. The molecule has 0 bridgehead atoms. The van der Waals surface area contributed by atoms with Crippen molar-refractivity contribution >= 4 is 18.6 Å². The second kappa shape index (κ2) is 4.68. The van der Waals surface area contributed by atoms with Crippen molar-refractivity contribution in [1.29, 1.82) is 0 Å². The molecule has 0 aliphatic carbocycles. The lowest BCUT2D eigenvalue weighted by Crippen LogP contribution is -2.17. The Labute approximate surface area is 93.8 Å². The second-order valence-electron chi connectivity index (χ2n) is 3.44. The van der Waals surface area contributed by atoms with E-state index in [0.29, 0.717) is 18.8 Å². The minimum atomic E-state index is -0.293. The van der Waals surface area contributed by atoms with Crippen LogP contribution >= 0.6 is 12.6 Å². The molecule has 1 aromatic rings. The monoisotopic (exact) mass is 224 g/mol. The van der Waals surface area contributed by atoms with Gasteiger partial charge in [0, 0.05) is 11.3 Å². The van der Waals surface area contributed by atoms with Gasteiger partial charge in [0.05, 0.1) is 18.8 Å². The van der Waals surface area contributed by atoms with Crippen molar-refractivity contribution < 1.29 is 14.3 Å². The Hall–Kier alpha value is -1.00. The van der Waals surface area contributed by atoms with Crippen LogP contribution in [0.5, 0.6) is 0 Å². The van der Waals surface area contributed by atoms with Gasteiger partial charge in [0.1, 0.15) is 6.10 Å². The fraction of sp³-hybridized carbons (Fsp3) is 0.364. The molecule has 1 aromatic carbocycles. The first-order valence-corrected chi connectivity index (χ1v) is 5.28. The van der Waals surface area contributed by atoms with Gasteiger partial charge in [0.2, 0.25) is 0 Å². The first kappa shape index (κ1) is 10.5. The van der Waals surface area contributed by atoms with Crippen LogP contribution in [0.3, 0.4) is 0 Å². The highest BCUT2D eigenvalue weighted by Gasteiger charge is 2.20. The van der Waals surface area contributed by atoms with Crippen molar-refractivity contribution in [2.24, 2.45) is 0 Å². The summed E-state index contributed by atoms with van der Waals surface area (Å²) in [7, 11) is 0. The minimum Gasteiger partial charge on any atom is -0.456 e. The van der Waals surface area contributed by atoms with Gasteiger partial charge >= 0.3 is 5.97 Å². The average molecular weight is 224 g/mol. The molecule has 0 N–H and O–H groups in total. The second-order valence-corrected chi connectivity index (χ2v) is 3.95. The van der Waals surface area contributed by atoms with Crippen molar-refractivity contribution in [3.05, 3.63) is 29.8 Å². The summed E-state index contributed by atoms with van der Waals surface area (Å²) in [4.78, 5) is 12.4. The molecular weight excluding hydrogens is 212 g/mol. The SMILES string of the molecule is O=C(OC1CCOC1)c1ccc(S)cc1. The normalized spacial score (nSPS) is 20.2. The molecule has 0 radical (unpaired) electrons. The quantitative estimate of drug-likeness (QED) is 0.616. The van der Waals surface area contributed by atoms with E-state index in [1.54, 1.807) is 24.3 Å². The molecule has 80 valence electrons. The van der Waals surface area contributed by atoms with Gasteiger partial charge < -0.3 is 9.47 Å². The van der Waals surface area contributed by atoms with Crippen LogP contribution in [0.1, 0.15) is 16.8 Å². The number of hydrogen-bond acceptors (Lipinski definition) is 4. The maximum absolute atomic E-state index is 11.6. The third kappa shape index (κ3) is 2.73. The minimum absolute atomic E-state index is 0.0896. The lowest BCUT2D eigenvalue weighted by atomic mass is 10.2. The van der Waals surface area contributed by atoms with Crippen molar-refractivity contribution in [1.82, 2.24) is 0 Å². The fourth-order valence-corrected chi connectivity index (χ4v) is 1.57. The van der Waals surface area contributed by atoms with Crippen LogP contribution in [0.15, 0.2) is 29.2 Å². The Bertz CT molecular complexity index is 341. The van der Waals surface area contributed by atoms with E-state index in [2.05, 4.69) is 12.6 Å². The largest absolute Gasteiger partial charge is 0.456 e. The molecule has 1 atom stereocenters. The van der Waals surface area contributed by atoms with Crippen molar-refractivity contribution in [2.45, 2.75) is 17.4 Å². The zero-order chi connectivity index (χ0) is 10.7. The Kier molecular flexibility index (Phi) is 3.28. The van der Waals surface area contributed by atoms with Crippen LogP contribution in [0, 0.1) is 0 Å². The first-order chi connectivity index (χ1) is 7.25. The Morgan fingerprint density at radius 2 is 2.13 bits per heavy atom. The first-order valence-electron chi connectivity index (χ1n) is 4.83. The average Bonchev–Trinajstić information content (AvgIpc) is 2.71. The lowest BCUT2D eigenvalue weighted by Gasteiger charge is -2.09. The number of ether oxygens (including phenoxy) is 2. The molecule has 0 saturated carbocycles. The molecule has 3 nitrogen and oxygen atoms in total. The number of esters is 1. The standard InChI is InChI=1S/C11H12O3S/c12-11(14-9-5-6-13-7-9)8-1-3-10(15)4-2-8/h1-4,9,15H,5-7H2. The summed E-state index contributed by atoms with van der Waals surface area (Å²) in [5.74, 6) is -0.293. The molecule has 1 aliphatic rings. The maximum Gasteiger partial charge on any atom is 0.338 e. The maximum atomic E-state index is 11.6. The summed E-state index contributed by atoms with van der Waals surface area (Å²) in [5, 5.41) is 0. The molecular formula is C11H12O3S. The van der Waals surface area contributed by atoms with E-state index in [4.69, 9.17) is 9.47 Å². The van der Waals surface area contributed by atoms with Gasteiger partial charge in [-0.15, -0.1) is 12.6 Å². The predicted molar refractivity (Wildman–Crippen MR) is 58.3 cm³/mol. The molecule has 1 saturated heterocycles. The number of carbonyl (C=O) groups is 1. The number of hydrogen-bond donors (Lipinski definition) is 1. The molecule has 1 fully saturated rings. The van der Waals surface area contributed by atoms with E-state index in [1.807, 2.05) is 0 Å². The molecule has 15 heavy (non-hydrogen) atoms. The van der Waals surface area contributed by atoms with Crippen LogP contribution in [-0.2, 0) is 9.47 Å². The van der Waals surface area contributed by atoms with E-state index in [0.717, 1.165) is 11.3 Å². The molecule has 1 heterocycles. The Morgan fingerprint density at radius 1 is 1.40 bits per heavy atom. The third-order valence-corrected chi connectivity index (χ3v) is 2.56. The highest BCUT2D eigenvalue weighted by atomic mass is 32.1. The number of carbonyl (C=O) groups excluding carboxylic acids is 1. The summed E-state index contributed by atoms with van der Waals surface area (Å²) in [6.07, 6.45) is 0.698. The summed E-state index contributed by atoms with van der Waals surface area (Å²) in [6, 6.07) is 6.96.